The zero-order chi connectivity index (χ0) is 19.2. The third-order valence-corrected chi connectivity index (χ3v) is 5.56. The first-order valence-electron chi connectivity index (χ1n) is 9.55. The van der Waals surface area contributed by atoms with Crippen molar-refractivity contribution in [3.05, 3.63) is 0 Å². The molecule has 0 unspecified atom stereocenters. The molecule has 7 nitrogen and oxygen atoms in total. The number of Topliss-reactive ketones (excluding diaryl/α,β-unsaturated/α-hetero) is 1. The van der Waals surface area contributed by atoms with Gasteiger partial charge in [0.05, 0.1) is 18.0 Å². The summed E-state index contributed by atoms with van der Waals surface area (Å²) < 4.78 is 5.40. The van der Waals surface area contributed by atoms with Crippen molar-refractivity contribution in [3.63, 3.8) is 0 Å². The molecule has 1 saturated carbocycles. The van der Waals surface area contributed by atoms with E-state index in [1.807, 2.05) is 6.92 Å². The van der Waals surface area contributed by atoms with E-state index in [9.17, 15) is 19.2 Å². The molecule has 0 spiro atoms. The normalized spacial score (nSPS) is 31.3. The van der Waals surface area contributed by atoms with Gasteiger partial charge in [0.15, 0.2) is 0 Å². The Morgan fingerprint density at radius 3 is 2.42 bits per heavy atom. The summed E-state index contributed by atoms with van der Waals surface area (Å²) in [5, 5.41) is 0. The van der Waals surface area contributed by atoms with E-state index in [1.54, 1.807) is 25.7 Å². The number of carbonyl (C=O) groups excluding carboxylic acids is 4. The number of unbranched alkanes of at least 4 members (excludes halogenated alkanes) is 1. The van der Waals surface area contributed by atoms with Crippen LogP contribution >= 0.6 is 0 Å². The number of hydrogen-bond acceptors (Lipinski definition) is 5. The largest absolute Gasteiger partial charge is 0.443 e. The van der Waals surface area contributed by atoms with Crippen molar-refractivity contribution >= 4 is 23.7 Å². The second-order valence-electron chi connectivity index (χ2n) is 8.54. The van der Waals surface area contributed by atoms with Crippen molar-refractivity contribution in [2.45, 2.75) is 77.5 Å². The van der Waals surface area contributed by atoms with E-state index in [-0.39, 0.29) is 18.1 Å². The highest BCUT2D eigenvalue weighted by Crippen LogP contribution is 2.42. The van der Waals surface area contributed by atoms with Crippen LogP contribution < -0.4 is 0 Å². The van der Waals surface area contributed by atoms with Crippen LogP contribution in [0.4, 0.5) is 4.79 Å². The number of imide groups is 1. The van der Waals surface area contributed by atoms with Crippen LogP contribution in [0, 0.1) is 11.8 Å². The minimum Gasteiger partial charge on any atom is -0.443 e. The van der Waals surface area contributed by atoms with Crippen LogP contribution in [0.5, 0.6) is 0 Å². The summed E-state index contributed by atoms with van der Waals surface area (Å²) in [6.07, 6.45) is 2.33. The van der Waals surface area contributed by atoms with Gasteiger partial charge in [-0.15, -0.1) is 0 Å². The maximum Gasteiger partial charge on any atom is 0.417 e. The quantitative estimate of drug-likeness (QED) is 0.716. The molecule has 6 aliphatic rings. The lowest BCUT2D eigenvalue weighted by Crippen LogP contribution is -2.69. The summed E-state index contributed by atoms with van der Waals surface area (Å²) in [6.45, 7) is 7.79. The highest BCUT2D eigenvalue weighted by Gasteiger charge is 2.58. The van der Waals surface area contributed by atoms with E-state index in [1.165, 1.54) is 0 Å². The molecule has 144 valence electrons. The van der Waals surface area contributed by atoms with Gasteiger partial charge in [-0.05, 0) is 40.0 Å². The summed E-state index contributed by atoms with van der Waals surface area (Å²) >= 11 is 0. The third-order valence-electron chi connectivity index (χ3n) is 5.56. The standard InChI is InChI=1S/C19H28N2O5/c1-5-6-9-20-12-8-7-11(16(20)23)13-10-14(22)15(12)17(24)21(13)18(25)26-19(2,3)4/h11-13,15H,5-10H2,1-4H3/t11-,12+,13-,15-/m0/s1. The highest BCUT2D eigenvalue weighted by atomic mass is 16.6. The van der Waals surface area contributed by atoms with Crippen molar-refractivity contribution in [2.24, 2.45) is 11.8 Å². The van der Waals surface area contributed by atoms with Crippen LogP contribution in [0.3, 0.4) is 0 Å². The summed E-state index contributed by atoms with van der Waals surface area (Å²) in [6, 6.07) is -1.16. The highest BCUT2D eigenvalue weighted by molar-refractivity contribution is 6.11. The first-order valence-corrected chi connectivity index (χ1v) is 9.55. The lowest BCUT2D eigenvalue weighted by molar-refractivity contribution is -0.168. The molecule has 0 radical (unpaired) electrons. The molecule has 3 amide bonds. The number of hydrogen-bond donors (Lipinski definition) is 0. The molecule has 4 atom stereocenters. The number of piperidine rings is 2. The fourth-order valence-corrected chi connectivity index (χ4v) is 4.43. The number of amides is 3. The molecule has 0 aromatic carbocycles. The number of ketones is 1. The van der Waals surface area contributed by atoms with Crippen molar-refractivity contribution in [3.8, 4) is 0 Å². The lowest BCUT2D eigenvalue weighted by atomic mass is 9.70. The zero-order valence-electron chi connectivity index (χ0n) is 16.0. The van der Waals surface area contributed by atoms with Crippen LogP contribution in [0.1, 0.15) is 59.8 Å². The molecule has 0 aromatic rings. The molecule has 6 rings (SSSR count). The van der Waals surface area contributed by atoms with Gasteiger partial charge in [0.25, 0.3) is 0 Å². The van der Waals surface area contributed by atoms with Crippen LogP contribution in [0.15, 0.2) is 0 Å². The molecule has 1 aliphatic carbocycles. The summed E-state index contributed by atoms with van der Waals surface area (Å²) in [7, 11) is 0. The Balaban J connectivity index is 1.97. The van der Waals surface area contributed by atoms with Crippen LogP contribution in [0.2, 0.25) is 0 Å². The van der Waals surface area contributed by atoms with Crippen LogP contribution in [-0.4, -0.2) is 57.7 Å². The monoisotopic (exact) mass is 364 g/mol. The van der Waals surface area contributed by atoms with Gasteiger partial charge in [-0.3, -0.25) is 14.4 Å². The minimum absolute atomic E-state index is 0.0294. The fourth-order valence-electron chi connectivity index (χ4n) is 4.43. The average molecular weight is 364 g/mol. The molecule has 0 aromatic heterocycles. The number of rotatable bonds is 3. The van der Waals surface area contributed by atoms with E-state index >= 15 is 0 Å². The summed E-state index contributed by atoms with van der Waals surface area (Å²) in [4.78, 5) is 54.3. The minimum atomic E-state index is -0.944. The Labute approximate surface area is 154 Å². The molecule has 4 bridgehead atoms. The molecule has 5 aliphatic heterocycles. The van der Waals surface area contributed by atoms with Crippen molar-refractivity contribution < 1.29 is 23.9 Å². The SMILES string of the molecule is CCCCN1C(=O)[C@H]2CC[C@@H]1[C@H]1C(=O)C[C@@H]2N(C(=O)OC(C)(C)C)C1=O. The Morgan fingerprint density at radius 1 is 1.12 bits per heavy atom. The Morgan fingerprint density at radius 2 is 1.81 bits per heavy atom. The third kappa shape index (κ3) is 3.12. The molecule has 6 fully saturated rings. The van der Waals surface area contributed by atoms with Crippen molar-refractivity contribution in [1.82, 2.24) is 9.80 Å². The molecule has 0 N–H and O–H groups in total. The Kier molecular flexibility index (Phi) is 4.84. The number of ether oxygens (including phenoxy) is 1. The van der Waals surface area contributed by atoms with Crippen molar-refractivity contribution in [1.29, 1.82) is 0 Å². The maximum absolute atomic E-state index is 13.1. The van der Waals surface area contributed by atoms with Gasteiger partial charge < -0.3 is 9.64 Å². The molecule has 7 heteroatoms. The van der Waals surface area contributed by atoms with Gasteiger partial charge in [-0.25, -0.2) is 9.69 Å². The zero-order valence-corrected chi connectivity index (χ0v) is 16.0. The predicted octanol–water partition coefficient (Wildman–Crippen LogP) is 2.13. The summed E-state index contributed by atoms with van der Waals surface area (Å²) in [5.74, 6) is -2.13. The first-order chi connectivity index (χ1) is 12.2. The van der Waals surface area contributed by atoms with Gasteiger partial charge >= 0.3 is 6.09 Å². The predicted molar refractivity (Wildman–Crippen MR) is 93.1 cm³/mol. The van der Waals surface area contributed by atoms with E-state index in [4.69, 9.17) is 4.74 Å². The smallest absolute Gasteiger partial charge is 0.417 e. The summed E-state index contributed by atoms with van der Waals surface area (Å²) in [5.41, 5.74) is -0.751. The first kappa shape index (κ1) is 18.9. The molecule has 26 heavy (non-hydrogen) atoms. The van der Waals surface area contributed by atoms with E-state index in [0.29, 0.717) is 19.4 Å². The number of carbonyl (C=O) groups is 4. The van der Waals surface area contributed by atoms with E-state index in [2.05, 4.69) is 0 Å². The Bertz CT molecular complexity index is 638. The van der Waals surface area contributed by atoms with Gasteiger partial charge in [0.1, 0.15) is 17.3 Å². The van der Waals surface area contributed by atoms with Crippen LogP contribution in [0.25, 0.3) is 0 Å². The molecular weight excluding hydrogens is 336 g/mol. The maximum atomic E-state index is 13.1. The lowest BCUT2D eigenvalue weighted by Gasteiger charge is -2.52. The van der Waals surface area contributed by atoms with Gasteiger partial charge in [-0.1, -0.05) is 13.3 Å². The second kappa shape index (κ2) is 6.67. The van der Waals surface area contributed by atoms with E-state index < -0.39 is 41.5 Å². The Hall–Kier alpha value is -1.92. The van der Waals surface area contributed by atoms with Crippen molar-refractivity contribution in [2.75, 3.05) is 6.54 Å². The topological polar surface area (TPSA) is 84.0 Å². The second-order valence-corrected chi connectivity index (χ2v) is 8.54. The average Bonchev–Trinajstić information content (AvgIpc) is 2.50. The number of nitrogens with zero attached hydrogens (tertiary/aromatic N) is 2. The molecule has 5 heterocycles. The fraction of sp³-hybridized carbons (Fsp3) is 0.789. The molecule has 5 saturated heterocycles. The van der Waals surface area contributed by atoms with E-state index in [0.717, 1.165) is 17.7 Å². The van der Waals surface area contributed by atoms with Crippen LogP contribution in [-0.2, 0) is 19.1 Å². The molecular formula is C19H28N2O5. The van der Waals surface area contributed by atoms with Gasteiger partial charge in [0, 0.05) is 13.0 Å². The van der Waals surface area contributed by atoms with Gasteiger partial charge in [0.2, 0.25) is 11.8 Å². The van der Waals surface area contributed by atoms with Gasteiger partial charge in [-0.2, -0.15) is 0 Å².